The third-order valence-electron chi connectivity index (χ3n) is 5.34. The van der Waals surface area contributed by atoms with E-state index in [9.17, 15) is 0 Å². The van der Waals surface area contributed by atoms with Crippen molar-refractivity contribution in [3.8, 4) is 0 Å². The predicted octanol–water partition coefficient (Wildman–Crippen LogP) is 4.49. The molecule has 1 aromatic carbocycles. The summed E-state index contributed by atoms with van der Waals surface area (Å²) in [5.74, 6) is 0.861. The van der Waals surface area contributed by atoms with Crippen LogP contribution in [0.15, 0.2) is 24.3 Å². The van der Waals surface area contributed by atoms with Crippen molar-refractivity contribution in [3.63, 3.8) is 0 Å². The maximum Gasteiger partial charge on any atom is 0.0409 e. The zero-order valence-corrected chi connectivity index (χ0v) is 14.4. The quantitative estimate of drug-likeness (QED) is 0.868. The van der Waals surface area contributed by atoms with Gasteiger partial charge >= 0.3 is 0 Å². The molecule has 0 radical (unpaired) electrons. The zero-order valence-electron chi connectivity index (χ0n) is 13.6. The smallest absolute Gasteiger partial charge is 0.0409 e. The highest BCUT2D eigenvalue weighted by atomic mass is 35.5. The minimum Gasteiger partial charge on any atom is -0.330 e. The van der Waals surface area contributed by atoms with Gasteiger partial charge in [0.1, 0.15) is 0 Å². The van der Waals surface area contributed by atoms with Gasteiger partial charge < -0.3 is 5.73 Å². The van der Waals surface area contributed by atoms with Crippen LogP contribution in [0.3, 0.4) is 0 Å². The van der Waals surface area contributed by atoms with Gasteiger partial charge in [-0.2, -0.15) is 0 Å². The maximum absolute atomic E-state index is 6.15. The van der Waals surface area contributed by atoms with Gasteiger partial charge in [-0.3, -0.25) is 4.90 Å². The summed E-state index contributed by atoms with van der Waals surface area (Å²) in [5.41, 5.74) is 7.73. The van der Waals surface area contributed by atoms with Gasteiger partial charge in [-0.1, -0.05) is 43.5 Å². The molecular weight excluding hydrogens is 280 g/mol. The van der Waals surface area contributed by atoms with E-state index < -0.39 is 0 Å². The molecule has 21 heavy (non-hydrogen) atoms. The molecule has 1 aromatic rings. The van der Waals surface area contributed by atoms with Crippen molar-refractivity contribution in [2.24, 2.45) is 17.1 Å². The standard InChI is InChI=1S/C18H29ClN2/c1-14-7-9-18(12-20,10-8-14)13-21(3)15(2)16-5-4-6-17(19)11-16/h4-6,11,14-15H,7-10,12-13,20H2,1-3H3. The Balaban J connectivity index is 2.03. The molecule has 0 spiro atoms. The average molecular weight is 309 g/mol. The van der Waals surface area contributed by atoms with Crippen molar-refractivity contribution >= 4 is 11.6 Å². The minimum absolute atomic E-state index is 0.300. The van der Waals surface area contributed by atoms with Crippen LogP contribution < -0.4 is 5.73 Å². The van der Waals surface area contributed by atoms with Gasteiger partial charge in [0.15, 0.2) is 0 Å². The molecule has 2 N–H and O–H groups in total. The van der Waals surface area contributed by atoms with Crippen LogP contribution in [-0.4, -0.2) is 25.0 Å². The second kappa shape index (κ2) is 7.13. The van der Waals surface area contributed by atoms with Crippen LogP contribution in [-0.2, 0) is 0 Å². The van der Waals surface area contributed by atoms with Crippen molar-refractivity contribution in [1.29, 1.82) is 0 Å². The molecule has 1 saturated carbocycles. The Kier molecular flexibility index (Phi) is 5.70. The van der Waals surface area contributed by atoms with Gasteiger partial charge in [0.2, 0.25) is 0 Å². The lowest BCUT2D eigenvalue weighted by Crippen LogP contribution is -2.44. The van der Waals surface area contributed by atoms with Crippen molar-refractivity contribution in [2.45, 2.75) is 45.6 Å². The second-order valence-corrected chi connectivity index (χ2v) is 7.47. The summed E-state index contributed by atoms with van der Waals surface area (Å²) < 4.78 is 0. The Morgan fingerprint density at radius 3 is 2.62 bits per heavy atom. The lowest BCUT2D eigenvalue weighted by Gasteiger charge is -2.42. The van der Waals surface area contributed by atoms with Crippen LogP contribution in [0.4, 0.5) is 0 Å². The first kappa shape index (κ1) is 16.8. The molecule has 1 fully saturated rings. The summed E-state index contributed by atoms with van der Waals surface area (Å²) in [4.78, 5) is 2.44. The van der Waals surface area contributed by atoms with E-state index in [1.165, 1.54) is 31.2 Å². The summed E-state index contributed by atoms with van der Waals surface area (Å²) in [7, 11) is 2.21. The van der Waals surface area contributed by atoms with E-state index in [1.807, 2.05) is 12.1 Å². The molecule has 118 valence electrons. The normalized spacial score (nSPS) is 27.8. The van der Waals surface area contributed by atoms with Gasteiger partial charge in [0.05, 0.1) is 0 Å². The van der Waals surface area contributed by atoms with Gasteiger partial charge in [0.25, 0.3) is 0 Å². The largest absolute Gasteiger partial charge is 0.330 e. The van der Waals surface area contributed by atoms with E-state index in [0.29, 0.717) is 11.5 Å². The van der Waals surface area contributed by atoms with Crippen LogP contribution in [0.1, 0.15) is 51.1 Å². The summed E-state index contributed by atoms with van der Waals surface area (Å²) >= 11 is 6.12. The molecular formula is C18H29ClN2. The van der Waals surface area contributed by atoms with Crippen LogP contribution >= 0.6 is 11.6 Å². The number of rotatable bonds is 5. The first-order valence-corrected chi connectivity index (χ1v) is 8.49. The monoisotopic (exact) mass is 308 g/mol. The lowest BCUT2D eigenvalue weighted by atomic mass is 9.70. The Bertz CT molecular complexity index is 452. The summed E-state index contributed by atoms with van der Waals surface area (Å²) in [6.07, 6.45) is 5.15. The number of nitrogens with two attached hydrogens (primary N) is 1. The molecule has 0 heterocycles. The van der Waals surface area contributed by atoms with Crippen LogP contribution in [0.5, 0.6) is 0 Å². The van der Waals surface area contributed by atoms with E-state index in [4.69, 9.17) is 17.3 Å². The molecule has 2 nitrogen and oxygen atoms in total. The highest BCUT2D eigenvalue weighted by molar-refractivity contribution is 6.30. The summed E-state index contributed by atoms with van der Waals surface area (Å²) in [6, 6.07) is 8.56. The third kappa shape index (κ3) is 4.21. The van der Waals surface area contributed by atoms with Gasteiger partial charge in [-0.15, -0.1) is 0 Å². The van der Waals surface area contributed by atoms with Crippen molar-refractivity contribution in [1.82, 2.24) is 4.90 Å². The molecule has 3 heteroatoms. The molecule has 1 atom stereocenters. The molecule has 2 rings (SSSR count). The molecule has 0 saturated heterocycles. The molecule has 1 aliphatic carbocycles. The van der Waals surface area contributed by atoms with Crippen LogP contribution in [0.25, 0.3) is 0 Å². The number of benzene rings is 1. The Labute approximate surface area is 134 Å². The third-order valence-corrected chi connectivity index (χ3v) is 5.58. The van der Waals surface area contributed by atoms with E-state index in [0.717, 1.165) is 24.0 Å². The molecule has 0 aromatic heterocycles. The zero-order chi connectivity index (χ0) is 15.5. The van der Waals surface area contributed by atoms with E-state index in [-0.39, 0.29) is 0 Å². The second-order valence-electron chi connectivity index (χ2n) is 7.03. The summed E-state index contributed by atoms with van der Waals surface area (Å²) in [5, 5.41) is 0.813. The molecule has 0 bridgehead atoms. The fraction of sp³-hybridized carbons (Fsp3) is 0.667. The van der Waals surface area contributed by atoms with Crippen LogP contribution in [0.2, 0.25) is 5.02 Å². The van der Waals surface area contributed by atoms with Gasteiger partial charge in [-0.25, -0.2) is 0 Å². The fourth-order valence-corrected chi connectivity index (χ4v) is 3.69. The van der Waals surface area contributed by atoms with E-state index in [2.05, 4.69) is 37.9 Å². The first-order chi connectivity index (χ1) is 9.96. The predicted molar refractivity (Wildman–Crippen MR) is 91.6 cm³/mol. The first-order valence-electron chi connectivity index (χ1n) is 8.11. The maximum atomic E-state index is 6.15. The van der Waals surface area contributed by atoms with Crippen molar-refractivity contribution in [3.05, 3.63) is 34.9 Å². The van der Waals surface area contributed by atoms with E-state index in [1.54, 1.807) is 0 Å². The Morgan fingerprint density at radius 2 is 2.05 bits per heavy atom. The van der Waals surface area contributed by atoms with Crippen molar-refractivity contribution in [2.75, 3.05) is 20.1 Å². The highest BCUT2D eigenvalue weighted by Crippen LogP contribution is 2.39. The highest BCUT2D eigenvalue weighted by Gasteiger charge is 2.34. The van der Waals surface area contributed by atoms with Gasteiger partial charge in [0, 0.05) is 17.6 Å². The molecule has 0 amide bonds. The number of hydrogen-bond acceptors (Lipinski definition) is 2. The van der Waals surface area contributed by atoms with E-state index >= 15 is 0 Å². The SMILES string of the molecule is CC1CCC(CN)(CN(C)C(C)c2cccc(Cl)c2)CC1. The minimum atomic E-state index is 0.300. The van der Waals surface area contributed by atoms with Gasteiger partial charge in [-0.05, 0) is 62.4 Å². The number of halogens is 1. The Morgan fingerprint density at radius 1 is 1.38 bits per heavy atom. The van der Waals surface area contributed by atoms with Crippen molar-refractivity contribution < 1.29 is 0 Å². The fourth-order valence-electron chi connectivity index (χ4n) is 3.49. The average Bonchev–Trinajstić information content (AvgIpc) is 2.49. The lowest BCUT2D eigenvalue weighted by molar-refractivity contribution is 0.0901. The van der Waals surface area contributed by atoms with Crippen LogP contribution in [0, 0.1) is 11.3 Å². The number of hydrogen-bond donors (Lipinski definition) is 1. The Hall–Kier alpha value is -0.570. The topological polar surface area (TPSA) is 29.3 Å². The molecule has 1 unspecified atom stereocenters. The molecule has 1 aliphatic rings. The number of nitrogens with zero attached hydrogens (tertiary/aromatic N) is 1. The molecule has 0 aliphatic heterocycles. The summed E-state index contributed by atoms with van der Waals surface area (Å²) in [6.45, 7) is 6.48.